The zero-order valence-electron chi connectivity index (χ0n) is 22.0. The molecule has 1 saturated carbocycles. The summed E-state index contributed by atoms with van der Waals surface area (Å²) in [6.45, 7) is 8.55. The van der Waals surface area contributed by atoms with Crippen molar-refractivity contribution < 1.29 is 9.90 Å². The molecule has 1 aromatic carbocycles. The molecule has 4 unspecified atom stereocenters. The number of fused-ring (bicyclic) bond motifs is 1. The fraction of sp³-hybridized carbons (Fsp3) is 0.393. The molecule has 9 nitrogen and oxygen atoms in total. The van der Waals surface area contributed by atoms with Gasteiger partial charge in [0.1, 0.15) is 16.3 Å². The molecule has 3 aromatic heterocycles. The summed E-state index contributed by atoms with van der Waals surface area (Å²) < 4.78 is 1.03. The largest absolute Gasteiger partial charge is 0.392 e. The second kappa shape index (κ2) is 11.0. The lowest BCUT2D eigenvalue weighted by Crippen LogP contribution is -2.34. The lowest BCUT2D eigenvalue weighted by atomic mass is 10.0. The maximum absolute atomic E-state index is 12.5. The average molecular weight is 532 g/mol. The first kappa shape index (κ1) is 26.0. The highest BCUT2D eigenvalue weighted by molar-refractivity contribution is 7.21. The minimum atomic E-state index is -0.711. The van der Waals surface area contributed by atoms with Gasteiger partial charge in [-0.15, -0.1) is 11.3 Å². The zero-order valence-corrected chi connectivity index (χ0v) is 22.8. The summed E-state index contributed by atoms with van der Waals surface area (Å²) in [6.07, 6.45) is 3.77. The number of nitrogens with zero attached hydrogens (tertiary/aromatic N) is 4. The molecule has 4 atom stereocenters. The molecule has 38 heavy (non-hydrogen) atoms. The van der Waals surface area contributed by atoms with E-state index in [9.17, 15) is 9.90 Å². The Hall–Kier alpha value is -3.63. The van der Waals surface area contributed by atoms with Gasteiger partial charge >= 0.3 is 0 Å². The summed E-state index contributed by atoms with van der Waals surface area (Å²) in [4.78, 5) is 31.2. The number of aromatic nitrogens is 4. The van der Waals surface area contributed by atoms with E-state index in [0.717, 1.165) is 26.5 Å². The highest BCUT2D eigenvalue weighted by atomic mass is 32.1. The van der Waals surface area contributed by atoms with Crippen LogP contribution in [0.2, 0.25) is 0 Å². The van der Waals surface area contributed by atoms with Crippen LogP contribution in [0.15, 0.2) is 42.7 Å². The van der Waals surface area contributed by atoms with E-state index in [-0.39, 0.29) is 18.0 Å². The van der Waals surface area contributed by atoms with Crippen LogP contribution in [0.3, 0.4) is 0 Å². The fourth-order valence-electron chi connectivity index (χ4n) is 5.14. The summed E-state index contributed by atoms with van der Waals surface area (Å²) in [7, 11) is 0. The maximum Gasteiger partial charge on any atom is 0.225 e. The van der Waals surface area contributed by atoms with Gasteiger partial charge in [0.2, 0.25) is 11.9 Å². The number of aliphatic hydroxyl groups excluding tert-OH is 1. The zero-order chi connectivity index (χ0) is 26.8. The molecular weight excluding hydrogens is 498 g/mol. The molecule has 1 amide bonds. The van der Waals surface area contributed by atoms with Crippen LogP contribution in [0.4, 0.5) is 11.8 Å². The summed E-state index contributed by atoms with van der Waals surface area (Å²) >= 11 is 1.56. The van der Waals surface area contributed by atoms with Gasteiger partial charge in [-0.2, -0.15) is 4.98 Å². The van der Waals surface area contributed by atoms with Gasteiger partial charge in [0.25, 0.3) is 0 Å². The van der Waals surface area contributed by atoms with E-state index in [1.165, 1.54) is 11.1 Å². The van der Waals surface area contributed by atoms with Gasteiger partial charge in [-0.1, -0.05) is 24.3 Å². The molecule has 198 valence electrons. The van der Waals surface area contributed by atoms with Crippen LogP contribution in [-0.2, 0) is 4.79 Å². The highest BCUT2D eigenvalue weighted by Gasteiger charge is 2.38. The second-order valence-corrected chi connectivity index (χ2v) is 10.9. The maximum atomic E-state index is 12.5. The molecule has 5 rings (SSSR count). The van der Waals surface area contributed by atoms with Crippen LogP contribution in [0, 0.1) is 19.8 Å². The third kappa shape index (κ3) is 5.32. The number of carbonyl (C=O) groups excluding carboxylic acids is 1. The van der Waals surface area contributed by atoms with Crippen molar-refractivity contribution in [1.82, 2.24) is 25.3 Å². The molecule has 1 aliphatic carbocycles. The van der Waals surface area contributed by atoms with Crippen molar-refractivity contribution in [3.8, 4) is 10.6 Å². The average Bonchev–Trinajstić information content (AvgIpc) is 3.47. The van der Waals surface area contributed by atoms with E-state index in [1.54, 1.807) is 23.7 Å². The molecule has 4 N–H and O–H groups in total. The first-order valence-electron chi connectivity index (χ1n) is 13.0. The first-order chi connectivity index (χ1) is 18.3. The summed E-state index contributed by atoms with van der Waals surface area (Å²) in [5, 5.41) is 21.3. The predicted octanol–water partition coefficient (Wildman–Crippen LogP) is 4.63. The molecule has 4 aromatic rings. The summed E-state index contributed by atoms with van der Waals surface area (Å²) in [5.74, 6) is 0.575. The standard InChI is InChI=1S/C28H33N7O2S/c1-5-30-26(37)20-12-18(13-22(20)36)33-25-24(27-34-21-14-29-11-10-23(21)38-27)17(4)32-28(35-25)31-16(3)19-9-7-6-8-15(19)2/h6-11,14,16,18,20,22,36H,5,12-13H2,1-4H3,(H,30,37)(H2,31,32,33,35). The van der Waals surface area contributed by atoms with Gasteiger partial charge < -0.3 is 21.1 Å². The van der Waals surface area contributed by atoms with Gasteiger partial charge in [0.05, 0.1) is 40.2 Å². The molecule has 0 bridgehead atoms. The summed E-state index contributed by atoms with van der Waals surface area (Å²) in [6, 6.07) is 10.1. The quantitative estimate of drug-likeness (QED) is 0.259. The monoisotopic (exact) mass is 531 g/mol. The number of carbonyl (C=O) groups is 1. The van der Waals surface area contributed by atoms with E-state index >= 15 is 0 Å². The number of aryl methyl sites for hydroxylation is 2. The van der Waals surface area contributed by atoms with Crippen molar-refractivity contribution in [1.29, 1.82) is 0 Å². The Labute approximate surface area is 226 Å². The topological polar surface area (TPSA) is 125 Å². The molecule has 1 aliphatic rings. The van der Waals surface area contributed by atoms with Crippen LogP contribution < -0.4 is 16.0 Å². The number of hydrogen-bond donors (Lipinski definition) is 4. The number of thiazole rings is 1. The van der Waals surface area contributed by atoms with Crippen molar-refractivity contribution >= 4 is 39.2 Å². The Morgan fingerprint density at radius 3 is 2.74 bits per heavy atom. The fourth-order valence-corrected chi connectivity index (χ4v) is 6.17. The van der Waals surface area contributed by atoms with Crippen LogP contribution in [-0.4, -0.2) is 49.6 Å². The number of nitrogens with one attached hydrogen (secondary N) is 3. The van der Waals surface area contributed by atoms with Crippen molar-refractivity contribution in [2.75, 3.05) is 17.2 Å². The second-order valence-electron chi connectivity index (χ2n) is 9.82. The molecule has 0 radical (unpaired) electrons. The molecule has 10 heteroatoms. The minimum Gasteiger partial charge on any atom is -0.392 e. The number of amides is 1. The Morgan fingerprint density at radius 2 is 1.97 bits per heavy atom. The lowest BCUT2D eigenvalue weighted by Gasteiger charge is -2.21. The van der Waals surface area contributed by atoms with E-state index < -0.39 is 12.0 Å². The first-order valence-corrected chi connectivity index (χ1v) is 13.8. The number of anilines is 2. The van der Waals surface area contributed by atoms with E-state index in [4.69, 9.17) is 15.0 Å². The Kier molecular flexibility index (Phi) is 7.53. The molecular formula is C28H33N7O2S. The van der Waals surface area contributed by atoms with Crippen molar-refractivity contribution in [2.24, 2.45) is 5.92 Å². The number of pyridine rings is 1. The Bertz CT molecular complexity index is 1420. The van der Waals surface area contributed by atoms with E-state index in [0.29, 0.717) is 31.2 Å². The van der Waals surface area contributed by atoms with Crippen LogP contribution in [0.1, 0.15) is 49.6 Å². The van der Waals surface area contributed by atoms with Crippen molar-refractivity contribution in [2.45, 2.75) is 58.7 Å². The smallest absolute Gasteiger partial charge is 0.225 e. The highest BCUT2D eigenvalue weighted by Crippen LogP contribution is 2.38. The molecule has 1 fully saturated rings. The van der Waals surface area contributed by atoms with Gasteiger partial charge in [0.15, 0.2) is 0 Å². The van der Waals surface area contributed by atoms with Gasteiger partial charge in [-0.05, 0) is 57.7 Å². The Balaban J connectivity index is 1.50. The third-order valence-electron chi connectivity index (χ3n) is 7.05. The van der Waals surface area contributed by atoms with Gasteiger partial charge in [-0.25, -0.2) is 9.97 Å². The number of hydrogen-bond acceptors (Lipinski definition) is 9. The Morgan fingerprint density at radius 1 is 1.16 bits per heavy atom. The third-order valence-corrected chi connectivity index (χ3v) is 8.11. The van der Waals surface area contributed by atoms with Crippen molar-refractivity contribution in [3.63, 3.8) is 0 Å². The van der Waals surface area contributed by atoms with Gasteiger partial charge in [0, 0.05) is 18.8 Å². The van der Waals surface area contributed by atoms with Crippen LogP contribution in [0.5, 0.6) is 0 Å². The molecule has 0 saturated heterocycles. The molecule has 0 spiro atoms. The SMILES string of the molecule is CCNC(=O)C1CC(Nc2nc(NC(C)c3ccccc3C)nc(C)c2-c2nc3cnccc3s2)CC1O. The number of rotatable bonds is 8. The molecule has 0 aliphatic heterocycles. The lowest BCUT2D eigenvalue weighted by molar-refractivity contribution is -0.127. The molecule has 3 heterocycles. The van der Waals surface area contributed by atoms with Crippen LogP contribution in [0.25, 0.3) is 20.8 Å². The number of aliphatic hydroxyl groups is 1. The number of benzene rings is 1. The summed E-state index contributed by atoms with van der Waals surface area (Å²) in [5.41, 5.74) is 4.79. The van der Waals surface area contributed by atoms with E-state index in [2.05, 4.69) is 46.9 Å². The predicted molar refractivity (Wildman–Crippen MR) is 151 cm³/mol. The van der Waals surface area contributed by atoms with Crippen LogP contribution >= 0.6 is 11.3 Å². The van der Waals surface area contributed by atoms with Gasteiger partial charge in [-0.3, -0.25) is 9.78 Å². The minimum absolute atomic E-state index is 0.00162. The normalized spacial score (nSPS) is 19.9. The van der Waals surface area contributed by atoms with E-state index in [1.807, 2.05) is 32.0 Å². The van der Waals surface area contributed by atoms with Crippen molar-refractivity contribution in [3.05, 3.63) is 59.5 Å².